The molecule has 0 atom stereocenters. The van der Waals surface area contributed by atoms with Crippen LogP contribution in [0.4, 0.5) is 17.1 Å². The van der Waals surface area contributed by atoms with E-state index in [1.165, 1.54) is 18.2 Å². The zero-order valence-electron chi connectivity index (χ0n) is 19.6. The van der Waals surface area contributed by atoms with Crippen molar-refractivity contribution >= 4 is 64.0 Å². The second kappa shape index (κ2) is 11.3. The number of ether oxygens (including phenoxy) is 1. The molecule has 188 valence electrons. The Bertz CT molecular complexity index is 1400. The Labute approximate surface area is 222 Å². The van der Waals surface area contributed by atoms with E-state index in [9.17, 15) is 19.2 Å². The monoisotopic (exact) mass is 537 g/mol. The molecule has 4 rings (SSSR count). The lowest BCUT2D eigenvalue weighted by Crippen LogP contribution is -2.32. The zero-order chi connectivity index (χ0) is 26.5. The number of esters is 1. The number of hydrogen-bond donors (Lipinski definition) is 2. The molecule has 37 heavy (non-hydrogen) atoms. The number of rotatable bonds is 8. The fraction of sp³-hybridized carbons (Fsp3) is 0.111. The van der Waals surface area contributed by atoms with Gasteiger partial charge in [0.05, 0.1) is 17.9 Å². The van der Waals surface area contributed by atoms with Gasteiger partial charge in [-0.25, -0.2) is 9.69 Å². The number of amides is 3. The second-order valence-corrected chi connectivity index (χ2v) is 8.80. The molecule has 1 aliphatic rings. The maximum Gasteiger partial charge on any atom is 0.338 e. The van der Waals surface area contributed by atoms with Crippen LogP contribution in [-0.2, 0) is 14.3 Å². The van der Waals surface area contributed by atoms with E-state index >= 15 is 0 Å². The Morgan fingerprint density at radius 1 is 0.865 bits per heavy atom. The van der Waals surface area contributed by atoms with E-state index in [0.29, 0.717) is 28.4 Å². The molecule has 3 aromatic rings. The Hall–Kier alpha value is -4.14. The smallest absolute Gasteiger partial charge is 0.338 e. The molecular weight excluding hydrogens is 517 g/mol. The molecule has 1 heterocycles. The van der Waals surface area contributed by atoms with E-state index in [2.05, 4.69) is 10.6 Å². The number of imide groups is 1. The van der Waals surface area contributed by atoms with Crippen LogP contribution in [-0.4, -0.2) is 30.3 Å². The van der Waals surface area contributed by atoms with Gasteiger partial charge in [0.25, 0.3) is 17.7 Å². The van der Waals surface area contributed by atoms with E-state index < -0.39 is 17.8 Å². The van der Waals surface area contributed by atoms with Gasteiger partial charge in [0.15, 0.2) is 0 Å². The molecule has 2 N–H and O–H groups in total. The van der Waals surface area contributed by atoms with Gasteiger partial charge in [0.1, 0.15) is 10.7 Å². The summed E-state index contributed by atoms with van der Waals surface area (Å²) in [5.74, 6) is -2.30. The van der Waals surface area contributed by atoms with Gasteiger partial charge in [0.2, 0.25) is 0 Å². The second-order valence-electron chi connectivity index (χ2n) is 7.98. The van der Waals surface area contributed by atoms with Crippen LogP contribution < -0.4 is 15.5 Å². The molecule has 0 bridgehead atoms. The number of halogens is 2. The summed E-state index contributed by atoms with van der Waals surface area (Å²) in [6.07, 6.45) is 0.664. The van der Waals surface area contributed by atoms with Gasteiger partial charge in [0, 0.05) is 22.0 Å². The fourth-order valence-corrected chi connectivity index (χ4v) is 3.82. The van der Waals surface area contributed by atoms with Gasteiger partial charge in [-0.15, -0.1) is 0 Å². The predicted octanol–water partition coefficient (Wildman–Crippen LogP) is 5.59. The van der Waals surface area contributed by atoms with Crippen LogP contribution in [0.1, 0.15) is 34.1 Å². The Morgan fingerprint density at radius 3 is 2.22 bits per heavy atom. The highest BCUT2D eigenvalue weighted by Gasteiger charge is 2.39. The first-order chi connectivity index (χ1) is 17.8. The van der Waals surface area contributed by atoms with Crippen molar-refractivity contribution in [3.8, 4) is 0 Å². The first-order valence-corrected chi connectivity index (χ1v) is 12.0. The van der Waals surface area contributed by atoms with Gasteiger partial charge >= 0.3 is 5.97 Å². The van der Waals surface area contributed by atoms with E-state index in [-0.39, 0.29) is 34.5 Å². The molecule has 8 nitrogen and oxygen atoms in total. The summed E-state index contributed by atoms with van der Waals surface area (Å²) < 4.78 is 5.12. The standard InChI is InChI=1S/C27H21Cl2N3O5/c1-2-14-37-27(36)17-4-3-5-21(15-17)32-25(34)22(29)23(26(32)35)30-19-10-6-16(7-11-19)24(33)31-20-12-8-18(28)9-13-20/h3-13,15,30H,2,14H2,1H3,(H,31,33). The largest absolute Gasteiger partial charge is 0.462 e. The molecule has 0 radical (unpaired) electrons. The lowest BCUT2D eigenvalue weighted by atomic mass is 10.1. The minimum absolute atomic E-state index is 0.121. The van der Waals surface area contributed by atoms with Crippen molar-refractivity contribution in [3.05, 3.63) is 99.7 Å². The number of anilines is 3. The summed E-state index contributed by atoms with van der Waals surface area (Å²) in [5.41, 5.74) is 1.68. The van der Waals surface area contributed by atoms with Crippen molar-refractivity contribution in [1.82, 2.24) is 0 Å². The van der Waals surface area contributed by atoms with E-state index in [0.717, 1.165) is 4.90 Å². The normalized spacial score (nSPS) is 13.1. The summed E-state index contributed by atoms with van der Waals surface area (Å²) in [6.45, 7) is 2.13. The minimum Gasteiger partial charge on any atom is -0.462 e. The predicted molar refractivity (Wildman–Crippen MR) is 142 cm³/mol. The molecule has 0 saturated carbocycles. The van der Waals surface area contributed by atoms with Crippen LogP contribution in [0.2, 0.25) is 5.02 Å². The number of nitrogens with zero attached hydrogens (tertiary/aromatic N) is 1. The Balaban J connectivity index is 1.46. The van der Waals surface area contributed by atoms with Crippen LogP contribution in [0, 0.1) is 0 Å². The molecule has 0 unspecified atom stereocenters. The average Bonchev–Trinajstić information content (AvgIpc) is 3.11. The minimum atomic E-state index is -0.729. The number of carbonyl (C=O) groups excluding carboxylic acids is 4. The van der Waals surface area contributed by atoms with Gasteiger partial charge in [-0.1, -0.05) is 36.2 Å². The highest BCUT2D eigenvalue weighted by Crippen LogP contribution is 2.31. The number of benzene rings is 3. The average molecular weight is 538 g/mol. The molecule has 3 amide bonds. The lowest BCUT2D eigenvalue weighted by molar-refractivity contribution is -0.120. The van der Waals surface area contributed by atoms with E-state index in [4.69, 9.17) is 27.9 Å². The molecule has 1 aliphatic heterocycles. The van der Waals surface area contributed by atoms with Crippen LogP contribution in [0.15, 0.2) is 83.5 Å². The maximum atomic E-state index is 13.1. The van der Waals surface area contributed by atoms with Gasteiger partial charge in [-0.3, -0.25) is 14.4 Å². The van der Waals surface area contributed by atoms with Crippen LogP contribution in [0.5, 0.6) is 0 Å². The summed E-state index contributed by atoms with van der Waals surface area (Å²) in [5, 5.41) is 5.87. The molecule has 0 spiro atoms. The van der Waals surface area contributed by atoms with Gasteiger partial charge in [-0.2, -0.15) is 0 Å². The van der Waals surface area contributed by atoms with Crippen molar-refractivity contribution in [3.63, 3.8) is 0 Å². The Morgan fingerprint density at radius 2 is 1.54 bits per heavy atom. The number of hydrogen-bond acceptors (Lipinski definition) is 6. The first-order valence-electron chi connectivity index (χ1n) is 11.3. The van der Waals surface area contributed by atoms with Crippen molar-refractivity contribution in [1.29, 1.82) is 0 Å². The first kappa shape index (κ1) is 25.9. The van der Waals surface area contributed by atoms with Crippen molar-refractivity contribution in [2.75, 3.05) is 22.1 Å². The third kappa shape index (κ3) is 5.82. The quantitative estimate of drug-likeness (QED) is 0.286. The molecule has 0 aromatic heterocycles. The molecule has 10 heteroatoms. The van der Waals surface area contributed by atoms with Crippen LogP contribution >= 0.6 is 23.2 Å². The van der Waals surface area contributed by atoms with Crippen LogP contribution in [0.3, 0.4) is 0 Å². The lowest BCUT2D eigenvalue weighted by Gasteiger charge is -2.16. The summed E-state index contributed by atoms with van der Waals surface area (Å²) >= 11 is 12.1. The topological polar surface area (TPSA) is 105 Å². The third-order valence-corrected chi connectivity index (χ3v) is 5.93. The molecule has 0 aliphatic carbocycles. The number of nitrogens with one attached hydrogen (secondary N) is 2. The van der Waals surface area contributed by atoms with Crippen LogP contribution in [0.25, 0.3) is 0 Å². The highest BCUT2D eigenvalue weighted by atomic mass is 35.5. The SMILES string of the molecule is CCCOC(=O)c1cccc(N2C(=O)C(Cl)=C(Nc3ccc(C(=O)Nc4ccc(Cl)cc4)cc3)C2=O)c1. The van der Waals surface area contributed by atoms with Gasteiger partial charge < -0.3 is 15.4 Å². The number of carbonyl (C=O) groups is 4. The third-order valence-electron chi connectivity index (χ3n) is 5.32. The summed E-state index contributed by atoms with van der Waals surface area (Å²) in [7, 11) is 0. The maximum absolute atomic E-state index is 13.1. The van der Waals surface area contributed by atoms with E-state index in [1.54, 1.807) is 54.6 Å². The fourth-order valence-electron chi connectivity index (χ4n) is 3.48. The summed E-state index contributed by atoms with van der Waals surface area (Å²) in [6, 6.07) is 19.0. The van der Waals surface area contributed by atoms with E-state index in [1.807, 2.05) is 6.92 Å². The molecule has 0 fully saturated rings. The molecule has 3 aromatic carbocycles. The van der Waals surface area contributed by atoms with Crippen molar-refractivity contribution in [2.45, 2.75) is 13.3 Å². The molecule has 0 saturated heterocycles. The Kier molecular flexibility index (Phi) is 7.91. The zero-order valence-corrected chi connectivity index (χ0v) is 21.1. The molecular formula is C27H21Cl2N3O5. The van der Waals surface area contributed by atoms with Gasteiger partial charge in [-0.05, 0) is 73.2 Å². The van der Waals surface area contributed by atoms with Crippen molar-refractivity contribution < 1.29 is 23.9 Å². The summed E-state index contributed by atoms with van der Waals surface area (Å²) in [4.78, 5) is 51.5. The van der Waals surface area contributed by atoms with Crippen molar-refractivity contribution in [2.24, 2.45) is 0 Å². The highest BCUT2D eigenvalue weighted by molar-refractivity contribution is 6.53.